The molecule has 3 unspecified atom stereocenters. The molecule has 1 saturated heterocycles. The summed E-state index contributed by atoms with van der Waals surface area (Å²) in [6.07, 6.45) is 4.30. The molecular formula is C30H41N5O. The number of benzene rings is 2. The first-order valence-electron chi connectivity index (χ1n) is 13.2. The van der Waals surface area contributed by atoms with Crippen molar-refractivity contribution in [1.82, 2.24) is 15.1 Å². The van der Waals surface area contributed by atoms with Crippen LogP contribution in [0.15, 0.2) is 54.6 Å². The van der Waals surface area contributed by atoms with Crippen LogP contribution in [0.4, 0.5) is 16.3 Å². The summed E-state index contributed by atoms with van der Waals surface area (Å²) in [5.74, 6) is 1.21. The molecule has 1 aliphatic heterocycles. The van der Waals surface area contributed by atoms with Gasteiger partial charge in [-0.25, -0.2) is 14.4 Å². The highest BCUT2D eigenvalue weighted by Gasteiger charge is 2.30. The largest absolute Gasteiger partial charge is 0.351 e. The number of para-hydroxylation sites is 1. The number of nitrogens with zero attached hydrogens (tertiary/aromatic N) is 3. The molecule has 6 nitrogen and oxygen atoms in total. The molecule has 0 saturated carbocycles. The smallest absolute Gasteiger partial charge is 0.325 e. The molecule has 3 N–H and O–H groups in total. The van der Waals surface area contributed by atoms with Gasteiger partial charge in [0, 0.05) is 23.6 Å². The zero-order valence-electron chi connectivity index (χ0n) is 22.6. The number of hydrogen-bond acceptors (Lipinski definition) is 3. The van der Waals surface area contributed by atoms with Crippen LogP contribution in [-0.4, -0.2) is 27.9 Å². The van der Waals surface area contributed by atoms with Gasteiger partial charge in [-0.2, -0.15) is 5.10 Å². The van der Waals surface area contributed by atoms with Gasteiger partial charge < -0.3 is 11.1 Å². The molecule has 0 spiro atoms. The Morgan fingerprint density at radius 2 is 1.83 bits per heavy atom. The summed E-state index contributed by atoms with van der Waals surface area (Å²) < 4.78 is 1.85. The third-order valence-electron chi connectivity index (χ3n) is 7.25. The monoisotopic (exact) mass is 487 g/mol. The fourth-order valence-corrected chi connectivity index (χ4v) is 5.33. The zero-order valence-corrected chi connectivity index (χ0v) is 22.6. The molecule has 4 rings (SSSR count). The van der Waals surface area contributed by atoms with E-state index in [4.69, 9.17) is 10.8 Å². The van der Waals surface area contributed by atoms with E-state index in [0.717, 1.165) is 48.3 Å². The number of rotatable bonds is 6. The first kappa shape index (κ1) is 26.0. The summed E-state index contributed by atoms with van der Waals surface area (Å²) in [5.41, 5.74) is 10.8. The van der Waals surface area contributed by atoms with Crippen molar-refractivity contribution in [2.45, 2.75) is 84.7 Å². The second kappa shape index (κ2) is 10.5. The average Bonchev–Trinajstić information content (AvgIpc) is 3.25. The number of aryl methyl sites for hydroxylation is 1. The Kier molecular flexibility index (Phi) is 7.55. The third-order valence-corrected chi connectivity index (χ3v) is 7.25. The Balaban J connectivity index is 1.79. The van der Waals surface area contributed by atoms with Crippen molar-refractivity contribution in [3.63, 3.8) is 0 Å². The van der Waals surface area contributed by atoms with Crippen LogP contribution in [0.3, 0.4) is 0 Å². The van der Waals surface area contributed by atoms with Crippen LogP contribution in [0.1, 0.15) is 70.7 Å². The van der Waals surface area contributed by atoms with Crippen molar-refractivity contribution in [3.8, 4) is 5.69 Å². The van der Waals surface area contributed by atoms with Crippen molar-refractivity contribution < 1.29 is 4.79 Å². The van der Waals surface area contributed by atoms with Gasteiger partial charge in [-0.15, -0.1) is 0 Å². The average molecular weight is 488 g/mol. The number of amides is 2. The summed E-state index contributed by atoms with van der Waals surface area (Å²) in [6.45, 7) is 13.0. The SMILES string of the molecule is CCC1CC(Cc2ccccc2N(C(N)=O)c2cc(C(C)(C)C)nn2-c2ccc(C)cc2)CC(C)N1. The predicted molar refractivity (Wildman–Crippen MR) is 148 cm³/mol. The van der Waals surface area contributed by atoms with Crippen LogP contribution in [-0.2, 0) is 11.8 Å². The molecule has 1 aromatic heterocycles. The number of anilines is 2. The minimum atomic E-state index is -0.513. The van der Waals surface area contributed by atoms with Gasteiger partial charge in [0.1, 0.15) is 5.82 Å². The van der Waals surface area contributed by atoms with E-state index < -0.39 is 6.03 Å². The molecule has 36 heavy (non-hydrogen) atoms. The maximum absolute atomic E-state index is 13.1. The number of carbonyl (C=O) groups excluding carboxylic acids is 1. The van der Waals surface area contributed by atoms with Crippen LogP contribution < -0.4 is 16.0 Å². The Hall–Kier alpha value is -3.12. The lowest BCUT2D eigenvalue weighted by Gasteiger charge is -2.35. The Morgan fingerprint density at radius 3 is 2.47 bits per heavy atom. The van der Waals surface area contributed by atoms with Crippen LogP contribution in [0, 0.1) is 12.8 Å². The van der Waals surface area contributed by atoms with E-state index in [9.17, 15) is 4.79 Å². The van der Waals surface area contributed by atoms with Crippen molar-refractivity contribution >= 4 is 17.5 Å². The minimum Gasteiger partial charge on any atom is -0.351 e. The summed E-state index contributed by atoms with van der Waals surface area (Å²) in [6, 6.07) is 18.9. The van der Waals surface area contributed by atoms with Gasteiger partial charge in [-0.3, -0.25) is 0 Å². The number of piperidine rings is 1. The number of nitrogens with two attached hydrogens (primary N) is 1. The van der Waals surface area contributed by atoms with Gasteiger partial charge in [0.2, 0.25) is 0 Å². The lowest BCUT2D eigenvalue weighted by molar-refractivity contribution is 0.246. The number of primary amides is 1. The van der Waals surface area contributed by atoms with E-state index in [1.807, 2.05) is 35.0 Å². The highest BCUT2D eigenvalue weighted by atomic mass is 16.2. The van der Waals surface area contributed by atoms with Crippen LogP contribution >= 0.6 is 0 Å². The topological polar surface area (TPSA) is 76.2 Å². The van der Waals surface area contributed by atoms with Gasteiger partial charge >= 0.3 is 6.03 Å². The maximum Gasteiger partial charge on any atom is 0.325 e. The van der Waals surface area contributed by atoms with Gasteiger partial charge in [-0.05, 0) is 69.2 Å². The third kappa shape index (κ3) is 5.65. The molecule has 1 fully saturated rings. The lowest BCUT2D eigenvalue weighted by Crippen LogP contribution is -2.44. The number of hydrogen-bond donors (Lipinski definition) is 2. The van der Waals surface area contributed by atoms with Crippen LogP contribution in [0.25, 0.3) is 5.69 Å². The quantitative estimate of drug-likeness (QED) is 0.422. The predicted octanol–water partition coefficient (Wildman–Crippen LogP) is 6.40. The minimum absolute atomic E-state index is 0.187. The van der Waals surface area contributed by atoms with Gasteiger partial charge in [0.15, 0.2) is 0 Å². The molecule has 3 aromatic rings. The first-order chi connectivity index (χ1) is 17.1. The highest BCUT2D eigenvalue weighted by Crippen LogP contribution is 2.36. The van der Waals surface area contributed by atoms with Gasteiger partial charge in [0.05, 0.1) is 17.1 Å². The molecular weight excluding hydrogens is 446 g/mol. The normalized spacial score (nSPS) is 20.3. The molecule has 2 aromatic carbocycles. The summed E-state index contributed by atoms with van der Waals surface area (Å²) in [5, 5.41) is 8.66. The number of nitrogens with one attached hydrogen (secondary N) is 1. The number of aromatic nitrogens is 2. The van der Waals surface area contributed by atoms with Crippen molar-refractivity contribution in [3.05, 3.63) is 71.4 Å². The molecule has 6 heteroatoms. The van der Waals surface area contributed by atoms with E-state index in [-0.39, 0.29) is 5.41 Å². The Morgan fingerprint density at radius 1 is 1.14 bits per heavy atom. The molecule has 192 valence electrons. The summed E-state index contributed by atoms with van der Waals surface area (Å²) in [7, 11) is 0. The van der Waals surface area contributed by atoms with E-state index in [1.54, 1.807) is 4.90 Å². The van der Waals surface area contributed by atoms with E-state index >= 15 is 0 Å². The molecule has 2 amide bonds. The van der Waals surface area contributed by atoms with Gasteiger partial charge in [0.25, 0.3) is 0 Å². The van der Waals surface area contributed by atoms with Crippen molar-refractivity contribution in [2.75, 3.05) is 4.90 Å². The number of urea groups is 1. The fourth-order valence-electron chi connectivity index (χ4n) is 5.33. The summed E-state index contributed by atoms with van der Waals surface area (Å²) in [4.78, 5) is 14.7. The first-order valence-corrected chi connectivity index (χ1v) is 13.2. The standard InChI is InChI=1S/C30H41N5O/c1-7-24-18-22(16-21(3)32-24)17-23-10-8-9-11-26(23)34(29(31)36)28-19-27(30(4,5)6)33-35(28)25-14-12-20(2)13-15-25/h8-15,19,21-22,24,32H,7,16-18H2,1-6H3,(H2,31,36). The van der Waals surface area contributed by atoms with Crippen LogP contribution in [0.2, 0.25) is 0 Å². The molecule has 0 bridgehead atoms. The van der Waals surface area contributed by atoms with E-state index in [2.05, 4.69) is 71.1 Å². The highest BCUT2D eigenvalue weighted by molar-refractivity contribution is 5.98. The fraction of sp³-hybridized carbons (Fsp3) is 0.467. The maximum atomic E-state index is 13.1. The van der Waals surface area contributed by atoms with Crippen LogP contribution in [0.5, 0.6) is 0 Å². The van der Waals surface area contributed by atoms with Crippen molar-refractivity contribution in [1.29, 1.82) is 0 Å². The number of carbonyl (C=O) groups is 1. The summed E-state index contributed by atoms with van der Waals surface area (Å²) >= 11 is 0. The Labute approximate surface area is 215 Å². The molecule has 1 aliphatic rings. The second-order valence-electron chi connectivity index (χ2n) is 11.4. The molecule has 0 aliphatic carbocycles. The van der Waals surface area contributed by atoms with E-state index in [1.165, 1.54) is 5.56 Å². The Bertz CT molecular complexity index is 1190. The second-order valence-corrected chi connectivity index (χ2v) is 11.4. The van der Waals surface area contributed by atoms with Crippen molar-refractivity contribution in [2.24, 2.45) is 11.7 Å². The molecule has 0 radical (unpaired) electrons. The molecule has 2 heterocycles. The van der Waals surface area contributed by atoms with Gasteiger partial charge in [-0.1, -0.05) is 63.6 Å². The zero-order chi connectivity index (χ0) is 26.0. The molecule has 3 atom stereocenters. The van der Waals surface area contributed by atoms with E-state index in [0.29, 0.717) is 23.8 Å². The lowest BCUT2D eigenvalue weighted by atomic mass is 9.83.